The predicted octanol–water partition coefficient (Wildman–Crippen LogP) is 1.78. The van der Waals surface area contributed by atoms with Crippen molar-refractivity contribution in [2.24, 2.45) is 0 Å². The molecule has 1 aromatic heterocycles. The summed E-state index contributed by atoms with van der Waals surface area (Å²) in [6, 6.07) is 0.492. The summed E-state index contributed by atoms with van der Waals surface area (Å²) in [4.78, 5) is 13.3. The van der Waals surface area contributed by atoms with Gasteiger partial charge in [-0.2, -0.15) is 4.98 Å². The van der Waals surface area contributed by atoms with Crippen LogP contribution in [-0.4, -0.2) is 55.2 Å². The van der Waals surface area contributed by atoms with Crippen LogP contribution in [-0.2, 0) is 0 Å². The summed E-state index contributed by atoms with van der Waals surface area (Å²) in [6.07, 6.45) is 4.15. The molecule has 18 heavy (non-hydrogen) atoms. The molecule has 6 heteroatoms. The molecule has 100 valence electrons. The zero-order valence-corrected chi connectivity index (χ0v) is 12.6. The zero-order valence-electron chi connectivity index (χ0n) is 11.1. The van der Waals surface area contributed by atoms with Crippen molar-refractivity contribution in [3.63, 3.8) is 0 Å². The van der Waals surface area contributed by atoms with Crippen LogP contribution in [0.15, 0.2) is 10.7 Å². The van der Waals surface area contributed by atoms with Gasteiger partial charge in [0.1, 0.15) is 0 Å². The van der Waals surface area contributed by atoms with Crippen molar-refractivity contribution in [3.05, 3.63) is 10.7 Å². The molecule has 1 aromatic rings. The fraction of sp³-hybridized carbons (Fsp3) is 0.667. The van der Waals surface area contributed by atoms with Gasteiger partial charge < -0.3 is 14.5 Å². The van der Waals surface area contributed by atoms with Crippen LogP contribution in [0.3, 0.4) is 0 Å². The molecule has 2 heterocycles. The van der Waals surface area contributed by atoms with Crippen molar-refractivity contribution in [3.8, 4) is 5.88 Å². The Labute approximate surface area is 116 Å². The van der Waals surface area contributed by atoms with E-state index in [1.807, 2.05) is 0 Å². The summed E-state index contributed by atoms with van der Waals surface area (Å²) in [6.45, 7) is 2.05. The third-order valence-electron chi connectivity index (χ3n) is 3.10. The highest BCUT2D eigenvalue weighted by Gasteiger charge is 2.27. The van der Waals surface area contributed by atoms with Gasteiger partial charge in [-0.3, -0.25) is 0 Å². The van der Waals surface area contributed by atoms with Crippen LogP contribution in [0.4, 0.5) is 5.95 Å². The van der Waals surface area contributed by atoms with Crippen molar-refractivity contribution < 1.29 is 4.74 Å². The summed E-state index contributed by atoms with van der Waals surface area (Å²) in [7, 11) is 5.82. The van der Waals surface area contributed by atoms with Gasteiger partial charge in [-0.1, -0.05) is 0 Å². The SMILES string of the molecule is COc1nc(N2CCCC2CN(C)C)ncc1Br. The number of methoxy groups -OCH3 is 1. The number of likely N-dealkylation sites (N-methyl/N-ethyl adjacent to an activating group) is 1. The van der Waals surface area contributed by atoms with E-state index in [0.29, 0.717) is 11.9 Å². The first-order valence-corrected chi connectivity index (χ1v) is 6.89. The minimum absolute atomic E-state index is 0.492. The Hall–Kier alpha value is -0.880. The molecule has 1 atom stereocenters. The van der Waals surface area contributed by atoms with Crippen molar-refractivity contribution in [2.75, 3.05) is 39.2 Å². The summed E-state index contributed by atoms with van der Waals surface area (Å²) >= 11 is 3.38. The number of halogens is 1. The summed E-state index contributed by atoms with van der Waals surface area (Å²) in [5, 5.41) is 0. The number of ether oxygens (including phenoxy) is 1. The highest BCUT2D eigenvalue weighted by atomic mass is 79.9. The topological polar surface area (TPSA) is 41.5 Å². The highest BCUT2D eigenvalue weighted by Crippen LogP contribution is 2.27. The van der Waals surface area contributed by atoms with E-state index in [1.165, 1.54) is 12.8 Å². The summed E-state index contributed by atoms with van der Waals surface area (Å²) in [5.74, 6) is 1.36. The van der Waals surface area contributed by atoms with Gasteiger partial charge >= 0.3 is 0 Å². The van der Waals surface area contributed by atoms with Gasteiger partial charge in [0.15, 0.2) is 0 Å². The van der Waals surface area contributed by atoms with E-state index >= 15 is 0 Å². The third kappa shape index (κ3) is 2.92. The molecule has 1 saturated heterocycles. The molecule has 0 amide bonds. The van der Waals surface area contributed by atoms with Gasteiger partial charge in [-0.15, -0.1) is 0 Å². The second-order valence-corrected chi connectivity index (χ2v) is 5.63. The fourth-order valence-corrected chi connectivity index (χ4v) is 2.69. The fourth-order valence-electron chi connectivity index (χ4n) is 2.33. The molecule has 1 unspecified atom stereocenters. The Balaban J connectivity index is 2.19. The van der Waals surface area contributed by atoms with Crippen molar-refractivity contribution in [1.82, 2.24) is 14.9 Å². The van der Waals surface area contributed by atoms with E-state index in [-0.39, 0.29) is 0 Å². The Bertz CT molecular complexity index is 413. The quantitative estimate of drug-likeness (QED) is 0.847. The second-order valence-electron chi connectivity index (χ2n) is 4.78. The summed E-state index contributed by atoms with van der Waals surface area (Å²) in [5.41, 5.74) is 0. The van der Waals surface area contributed by atoms with E-state index in [2.05, 4.69) is 49.8 Å². The Morgan fingerprint density at radius 2 is 2.33 bits per heavy atom. The molecule has 1 aliphatic heterocycles. The van der Waals surface area contributed by atoms with E-state index in [9.17, 15) is 0 Å². The van der Waals surface area contributed by atoms with Crippen LogP contribution in [0.1, 0.15) is 12.8 Å². The molecule has 2 rings (SSSR count). The normalized spacial score (nSPS) is 19.6. The minimum atomic E-state index is 0.492. The number of anilines is 1. The molecule has 0 aliphatic carbocycles. The number of nitrogens with zero attached hydrogens (tertiary/aromatic N) is 4. The Kier molecular flexibility index (Phi) is 4.40. The maximum Gasteiger partial charge on any atom is 0.232 e. The van der Waals surface area contributed by atoms with Gasteiger partial charge in [0.2, 0.25) is 11.8 Å². The lowest BCUT2D eigenvalue weighted by Crippen LogP contribution is -2.38. The van der Waals surface area contributed by atoms with Crippen LogP contribution in [0.5, 0.6) is 5.88 Å². The maximum absolute atomic E-state index is 5.23. The van der Waals surface area contributed by atoms with E-state index in [1.54, 1.807) is 13.3 Å². The molecule has 0 radical (unpaired) electrons. The van der Waals surface area contributed by atoms with Crippen molar-refractivity contribution in [1.29, 1.82) is 0 Å². The van der Waals surface area contributed by atoms with Crippen molar-refractivity contribution in [2.45, 2.75) is 18.9 Å². The van der Waals surface area contributed by atoms with Crippen molar-refractivity contribution >= 4 is 21.9 Å². The Morgan fingerprint density at radius 3 is 3.00 bits per heavy atom. The van der Waals surface area contributed by atoms with Crippen LogP contribution in [0.25, 0.3) is 0 Å². The average molecular weight is 315 g/mol. The molecule has 0 N–H and O–H groups in total. The van der Waals surface area contributed by atoms with Gasteiger partial charge in [0, 0.05) is 19.1 Å². The first-order valence-electron chi connectivity index (χ1n) is 6.09. The molecule has 0 bridgehead atoms. The number of aromatic nitrogens is 2. The van der Waals surface area contributed by atoms with Crippen LogP contribution < -0.4 is 9.64 Å². The van der Waals surface area contributed by atoms with Gasteiger partial charge in [-0.25, -0.2) is 4.98 Å². The molecule has 1 aliphatic rings. The first-order chi connectivity index (χ1) is 8.61. The molecule has 0 aromatic carbocycles. The molecule has 0 spiro atoms. The second kappa shape index (κ2) is 5.84. The van der Waals surface area contributed by atoms with Crippen LogP contribution >= 0.6 is 15.9 Å². The summed E-state index contributed by atoms with van der Waals surface area (Å²) < 4.78 is 6.02. The smallest absolute Gasteiger partial charge is 0.232 e. The Morgan fingerprint density at radius 1 is 1.56 bits per heavy atom. The number of hydrogen-bond donors (Lipinski definition) is 0. The lowest BCUT2D eigenvalue weighted by Gasteiger charge is -2.27. The predicted molar refractivity (Wildman–Crippen MR) is 75.2 cm³/mol. The van der Waals surface area contributed by atoms with Gasteiger partial charge in [-0.05, 0) is 42.9 Å². The monoisotopic (exact) mass is 314 g/mol. The lowest BCUT2D eigenvalue weighted by atomic mass is 10.2. The number of rotatable bonds is 4. The highest BCUT2D eigenvalue weighted by molar-refractivity contribution is 9.10. The lowest BCUT2D eigenvalue weighted by molar-refractivity contribution is 0.368. The minimum Gasteiger partial charge on any atom is -0.480 e. The third-order valence-corrected chi connectivity index (χ3v) is 3.65. The molecule has 1 fully saturated rings. The molecule has 0 saturated carbocycles. The maximum atomic E-state index is 5.23. The standard InChI is InChI=1S/C12H19BrN4O/c1-16(2)8-9-5-4-6-17(9)12-14-7-10(13)11(15-12)18-3/h7,9H,4-6,8H2,1-3H3. The molecule has 5 nitrogen and oxygen atoms in total. The largest absolute Gasteiger partial charge is 0.480 e. The molecular weight excluding hydrogens is 296 g/mol. The first kappa shape index (κ1) is 13.5. The van der Waals surface area contributed by atoms with Crippen LogP contribution in [0, 0.1) is 0 Å². The number of hydrogen-bond acceptors (Lipinski definition) is 5. The van der Waals surface area contributed by atoms with Gasteiger partial charge in [0.25, 0.3) is 0 Å². The van der Waals surface area contributed by atoms with Crippen LogP contribution in [0.2, 0.25) is 0 Å². The average Bonchev–Trinajstić information content (AvgIpc) is 2.77. The van der Waals surface area contributed by atoms with E-state index < -0.39 is 0 Å². The zero-order chi connectivity index (χ0) is 13.1. The van der Waals surface area contributed by atoms with E-state index in [4.69, 9.17) is 4.74 Å². The van der Waals surface area contributed by atoms with Gasteiger partial charge in [0.05, 0.1) is 17.8 Å². The molecular formula is C12H19BrN4O. The van der Waals surface area contributed by atoms with E-state index in [0.717, 1.165) is 23.5 Å².